The minimum Gasteiger partial charge on any atom is -0.308 e. The Hall–Kier alpha value is -8.35. The molecule has 0 spiro atoms. The van der Waals surface area contributed by atoms with Gasteiger partial charge in [-0.1, -0.05) is 182 Å². The maximum atomic E-state index is 5.38. The average molecular weight is 781 g/mol. The van der Waals surface area contributed by atoms with E-state index in [1.165, 1.54) is 0 Å². The highest BCUT2D eigenvalue weighted by atomic mass is 15.0. The van der Waals surface area contributed by atoms with Gasteiger partial charge in [0.15, 0.2) is 23.3 Å². The summed E-state index contributed by atoms with van der Waals surface area (Å²) >= 11 is 0. The zero-order chi connectivity index (χ0) is 40.5. The SMILES string of the molecule is c1ccc(-c2ccc3c4ccccc4n(-c4ccc(-c5nc(-c6ccccc6)nc(-c6ccccc6)n5)cc4-c4nc(-c5ccccc5)cc(-c5ccccc5)n4)c3c2)cc1. The summed E-state index contributed by atoms with van der Waals surface area (Å²) in [5.74, 6) is 2.33. The molecule has 0 saturated heterocycles. The van der Waals surface area contributed by atoms with Crippen LogP contribution in [0, 0.1) is 0 Å². The van der Waals surface area contributed by atoms with Crippen molar-refractivity contribution in [1.82, 2.24) is 29.5 Å². The second kappa shape index (κ2) is 15.4. The van der Waals surface area contributed by atoms with E-state index in [-0.39, 0.29) is 0 Å². The van der Waals surface area contributed by atoms with Crippen molar-refractivity contribution >= 4 is 21.8 Å². The molecule has 8 aromatic carbocycles. The summed E-state index contributed by atoms with van der Waals surface area (Å²) in [4.78, 5) is 26.0. The van der Waals surface area contributed by atoms with Crippen LogP contribution >= 0.6 is 0 Å². The van der Waals surface area contributed by atoms with Crippen LogP contribution in [0.1, 0.15) is 0 Å². The number of para-hydroxylation sites is 1. The molecule has 0 aliphatic carbocycles. The Bertz CT molecular complexity index is 3220. The molecular formula is C55H36N6. The number of nitrogens with zero attached hydrogens (tertiary/aromatic N) is 6. The maximum Gasteiger partial charge on any atom is 0.164 e. The Balaban J connectivity index is 1.21. The molecule has 3 heterocycles. The molecule has 0 bridgehead atoms. The molecule has 11 aromatic rings. The van der Waals surface area contributed by atoms with E-state index < -0.39 is 0 Å². The Morgan fingerprint density at radius 1 is 0.262 bits per heavy atom. The van der Waals surface area contributed by atoms with Crippen molar-refractivity contribution in [2.45, 2.75) is 0 Å². The van der Waals surface area contributed by atoms with Crippen molar-refractivity contribution < 1.29 is 0 Å². The average Bonchev–Trinajstić information content (AvgIpc) is 3.68. The minimum atomic E-state index is 0.552. The standard InChI is InChI=1S/C55H36N6/c1-6-18-37(19-7-1)42-30-32-45-44-28-16-17-29-49(44)61(51(45)35-42)50-33-31-43(54-59-52(40-24-12-4-13-25-40)58-53(60-54)41-26-14-5-15-27-41)34-46(50)55-56-47(38-20-8-2-9-21-38)36-48(57-55)39-22-10-3-11-23-39/h1-36H. The summed E-state index contributed by atoms with van der Waals surface area (Å²) in [5.41, 5.74) is 12.5. The first-order valence-electron chi connectivity index (χ1n) is 20.3. The van der Waals surface area contributed by atoms with Crippen molar-refractivity contribution in [2.24, 2.45) is 0 Å². The van der Waals surface area contributed by atoms with Gasteiger partial charge in [-0.3, -0.25) is 0 Å². The van der Waals surface area contributed by atoms with Crippen LogP contribution in [0.3, 0.4) is 0 Å². The van der Waals surface area contributed by atoms with Gasteiger partial charge in [0.1, 0.15) is 0 Å². The highest BCUT2D eigenvalue weighted by molar-refractivity contribution is 6.10. The van der Waals surface area contributed by atoms with E-state index in [0.29, 0.717) is 23.3 Å². The number of aromatic nitrogens is 6. The van der Waals surface area contributed by atoms with Crippen molar-refractivity contribution in [3.05, 3.63) is 218 Å². The van der Waals surface area contributed by atoms with Crippen molar-refractivity contribution in [3.8, 4) is 84.9 Å². The number of rotatable bonds is 8. The van der Waals surface area contributed by atoms with Gasteiger partial charge in [-0.2, -0.15) is 0 Å². The van der Waals surface area contributed by atoms with Crippen LogP contribution in [0.15, 0.2) is 218 Å². The molecule has 0 aliphatic rings. The molecule has 286 valence electrons. The molecule has 0 radical (unpaired) electrons. The van der Waals surface area contributed by atoms with Gasteiger partial charge in [-0.25, -0.2) is 24.9 Å². The zero-order valence-electron chi connectivity index (χ0n) is 33.0. The molecule has 61 heavy (non-hydrogen) atoms. The summed E-state index contributed by atoms with van der Waals surface area (Å²) in [6, 6.07) is 75.1. The third-order valence-electron chi connectivity index (χ3n) is 11.1. The molecule has 0 unspecified atom stereocenters. The Morgan fingerprint density at radius 2 is 0.705 bits per heavy atom. The maximum absolute atomic E-state index is 5.38. The Morgan fingerprint density at radius 3 is 1.26 bits per heavy atom. The monoisotopic (exact) mass is 780 g/mol. The Kier molecular flexibility index (Phi) is 9.06. The predicted molar refractivity (Wildman–Crippen MR) is 248 cm³/mol. The summed E-state index contributed by atoms with van der Waals surface area (Å²) < 4.78 is 2.36. The van der Waals surface area contributed by atoms with E-state index in [9.17, 15) is 0 Å². The van der Waals surface area contributed by atoms with Gasteiger partial charge in [-0.15, -0.1) is 0 Å². The predicted octanol–water partition coefficient (Wildman–Crippen LogP) is 13.4. The summed E-state index contributed by atoms with van der Waals surface area (Å²) in [6.07, 6.45) is 0. The molecule has 3 aromatic heterocycles. The first-order chi connectivity index (χ1) is 30.2. The second-order valence-electron chi connectivity index (χ2n) is 14.9. The van der Waals surface area contributed by atoms with E-state index in [0.717, 1.165) is 83.4 Å². The lowest BCUT2D eigenvalue weighted by Gasteiger charge is -2.17. The number of benzene rings is 8. The third kappa shape index (κ3) is 6.82. The fraction of sp³-hybridized carbons (Fsp3) is 0. The van der Waals surface area contributed by atoms with Crippen molar-refractivity contribution in [1.29, 1.82) is 0 Å². The number of fused-ring (bicyclic) bond motifs is 3. The topological polar surface area (TPSA) is 69.4 Å². The highest BCUT2D eigenvalue weighted by Gasteiger charge is 2.22. The molecule has 6 heteroatoms. The molecule has 6 nitrogen and oxygen atoms in total. The lowest BCUT2D eigenvalue weighted by molar-refractivity contribution is 1.07. The van der Waals surface area contributed by atoms with E-state index >= 15 is 0 Å². The fourth-order valence-corrected chi connectivity index (χ4v) is 8.11. The van der Waals surface area contributed by atoms with Gasteiger partial charge >= 0.3 is 0 Å². The fourth-order valence-electron chi connectivity index (χ4n) is 8.11. The first-order valence-corrected chi connectivity index (χ1v) is 20.3. The molecule has 0 N–H and O–H groups in total. The van der Waals surface area contributed by atoms with Crippen molar-refractivity contribution in [2.75, 3.05) is 0 Å². The molecule has 11 rings (SSSR count). The van der Waals surface area contributed by atoms with Crippen LogP contribution in [-0.2, 0) is 0 Å². The molecule has 0 atom stereocenters. The molecular weight excluding hydrogens is 745 g/mol. The van der Waals surface area contributed by atoms with E-state index in [1.807, 2.05) is 97.1 Å². The second-order valence-corrected chi connectivity index (χ2v) is 14.9. The smallest absolute Gasteiger partial charge is 0.164 e. The summed E-state index contributed by atoms with van der Waals surface area (Å²) in [7, 11) is 0. The highest BCUT2D eigenvalue weighted by Crippen LogP contribution is 2.40. The molecule has 0 amide bonds. The Labute approximate surface area is 353 Å². The van der Waals surface area contributed by atoms with Gasteiger partial charge in [0.25, 0.3) is 0 Å². The van der Waals surface area contributed by atoms with Crippen LogP contribution in [0.2, 0.25) is 0 Å². The molecule has 0 fully saturated rings. The van der Waals surface area contributed by atoms with Gasteiger partial charge < -0.3 is 4.57 Å². The van der Waals surface area contributed by atoms with Gasteiger partial charge in [0.05, 0.1) is 28.1 Å². The van der Waals surface area contributed by atoms with Gasteiger partial charge in [-0.05, 0) is 47.5 Å². The van der Waals surface area contributed by atoms with Gasteiger partial charge in [0.2, 0.25) is 0 Å². The van der Waals surface area contributed by atoms with E-state index in [2.05, 4.69) is 126 Å². The van der Waals surface area contributed by atoms with Gasteiger partial charge in [0, 0.05) is 44.2 Å². The van der Waals surface area contributed by atoms with Crippen LogP contribution in [0.4, 0.5) is 0 Å². The largest absolute Gasteiger partial charge is 0.308 e. The van der Waals surface area contributed by atoms with E-state index in [4.69, 9.17) is 24.9 Å². The van der Waals surface area contributed by atoms with E-state index in [1.54, 1.807) is 0 Å². The summed E-state index contributed by atoms with van der Waals surface area (Å²) in [5, 5.41) is 2.32. The van der Waals surface area contributed by atoms with Crippen LogP contribution < -0.4 is 0 Å². The number of hydrogen-bond donors (Lipinski definition) is 0. The lowest BCUT2D eigenvalue weighted by Crippen LogP contribution is -2.04. The lowest BCUT2D eigenvalue weighted by atomic mass is 10.0. The van der Waals surface area contributed by atoms with Crippen LogP contribution in [0.25, 0.3) is 107 Å². The minimum absolute atomic E-state index is 0.552. The summed E-state index contributed by atoms with van der Waals surface area (Å²) in [6.45, 7) is 0. The molecule has 0 aliphatic heterocycles. The van der Waals surface area contributed by atoms with Crippen LogP contribution in [-0.4, -0.2) is 29.5 Å². The quantitative estimate of drug-likeness (QED) is 0.154. The van der Waals surface area contributed by atoms with Crippen molar-refractivity contribution in [3.63, 3.8) is 0 Å². The number of hydrogen-bond acceptors (Lipinski definition) is 5. The first kappa shape index (κ1) is 35.8. The third-order valence-corrected chi connectivity index (χ3v) is 11.1. The normalized spacial score (nSPS) is 11.3. The zero-order valence-corrected chi connectivity index (χ0v) is 33.0. The van der Waals surface area contributed by atoms with Crippen LogP contribution in [0.5, 0.6) is 0 Å². The molecule has 0 saturated carbocycles.